The zero-order valence-corrected chi connectivity index (χ0v) is 11.7. The van der Waals surface area contributed by atoms with Gasteiger partial charge in [-0.25, -0.2) is 0 Å². The Hall–Kier alpha value is 0.300. The molecule has 88 valence electrons. The van der Waals surface area contributed by atoms with Crippen LogP contribution in [0.15, 0.2) is 0 Å². The molecule has 1 rings (SSSR count). The van der Waals surface area contributed by atoms with Gasteiger partial charge in [0.05, 0.1) is 0 Å². The Morgan fingerprint density at radius 2 is 2.20 bits per heavy atom. The fourth-order valence-electron chi connectivity index (χ4n) is 2.11. The van der Waals surface area contributed by atoms with Gasteiger partial charge >= 0.3 is 0 Å². The van der Waals surface area contributed by atoms with E-state index in [0.29, 0.717) is 12.3 Å². The van der Waals surface area contributed by atoms with Crippen LogP contribution in [0.4, 0.5) is 0 Å². The molecule has 0 bridgehead atoms. The highest BCUT2D eigenvalue weighted by atomic mass is 79.9. The maximum absolute atomic E-state index is 11.4. The molecule has 0 radical (unpaired) electrons. The van der Waals surface area contributed by atoms with Crippen LogP contribution in [0.25, 0.3) is 0 Å². The van der Waals surface area contributed by atoms with E-state index in [0.717, 1.165) is 23.5 Å². The van der Waals surface area contributed by atoms with E-state index in [2.05, 4.69) is 21.2 Å². The summed E-state index contributed by atoms with van der Waals surface area (Å²) in [4.78, 5) is 11.4. The Balaban J connectivity index is 2.15. The average molecular weight is 294 g/mol. The molecular weight excluding hydrogens is 274 g/mol. The molecule has 1 saturated carbocycles. The van der Waals surface area contributed by atoms with Crippen molar-refractivity contribution < 1.29 is 4.79 Å². The number of carbonyl (C=O) groups is 1. The molecular formula is C11H20BrNOS. The summed E-state index contributed by atoms with van der Waals surface area (Å²) in [5.41, 5.74) is 0. The molecule has 1 aliphatic rings. The minimum Gasteiger partial charge on any atom is -0.356 e. The van der Waals surface area contributed by atoms with E-state index in [1.165, 1.54) is 19.3 Å². The van der Waals surface area contributed by atoms with Gasteiger partial charge in [-0.3, -0.25) is 4.79 Å². The van der Waals surface area contributed by atoms with Crippen molar-refractivity contribution in [2.24, 2.45) is 11.8 Å². The molecule has 1 aliphatic carbocycles. The third-order valence-corrected chi connectivity index (χ3v) is 4.55. The molecule has 4 heteroatoms. The quantitative estimate of drug-likeness (QED) is 0.763. The number of alkyl halides is 1. The lowest BCUT2D eigenvalue weighted by Crippen LogP contribution is -2.31. The van der Waals surface area contributed by atoms with Crippen molar-refractivity contribution in [1.29, 1.82) is 0 Å². The van der Waals surface area contributed by atoms with Crippen LogP contribution in [-0.2, 0) is 4.79 Å². The second kappa shape index (κ2) is 7.55. The Bertz CT molecular complexity index is 201. The van der Waals surface area contributed by atoms with Crippen molar-refractivity contribution in [2.75, 3.05) is 23.9 Å². The monoisotopic (exact) mass is 293 g/mol. The number of rotatable bonds is 6. The summed E-state index contributed by atoms with van der Waals surface area (Å²) in [5.74, 6) is 2.61. The normalized spacial score (nSPS) is 25.5. The number of hydrogen-bond acceptors (Lipinski definition) is 2. The van der Waals surface area contributed by atoms with Gasteiger partial charge in [-0.05, 0) is 30.9 Å². The van der Waals surface area contributed by atoms with Crippen LogP contribution in [-0.4, -0.2) is 29.8 Å². The van der Waals surface area contributed by atoms with Gasteiger partial charge in [0.15, 0.2) is 0 Å². The highest BCUT2D eigenvalue weighted by Gasteiger charge is 2.26. The van der Waals surface area contributed by atoms with E-state index in [-0.39, 0.29) is 5.91 Å². The van der Waals surface area contributed by atoms with Crippen molar-refractivity contribution in [3.63, 3.8) is 0 Å². The maximum Gasteiger partial charge on any atom is 0.220 e. The van der Waals surface area contributed by atoms with E-state index < -0.39 is 0 Å². The summed E-state index contributed by atoms with van der Waals surface area (Å²) in [6, 6.07) is 0. The van der Waals surface area contributed by atoms with Gasteiger partial charge in [0, 0.05) is 24.0 Å². The molecule has 2 atom stereocenters. The first-order valence-electron chi connectivity index (χ1n) is 5.59. The average Bonchev–Trinajstić information content (AvgIpc) is 2.70. The smallest absolute Gasteiger partial charge is 0.220 e. The molecule has 0 aromatic heterocycles. The number of hydrogen-bond donors (Lipinski definition) is 1. The number of carbonyl (C=O) groups excluding carboxylic acids is 1. The molecule has 1 N–H and O–H groups in total. The zero-order valence-electron chi connectivity index (χ0n) is 9.30. The predicted octanol–water partition coefficient (Wildman–Crippen LogP) is 2.67. The van der Waals surface area contributed by atoms with Gasteiger partial charge in [0.2, 0.25) is 5.91 Å². The third-order valence-electron chi connectivity index (χ3n) is 3.11. The van der Waals surface area contributed by atoms with E-state index in [4.69, 9.17) is 0 Å². The number of halogens is 1. The van der Waals surface area contributed by atoms with Crippen LogP contribution in [0.3, 0.4) is 0 Å². The summed E-state index contributed by atoms with van der Waals surface area (Å²) < 4.78 is 0. The molecule has 1 amide bonds. The Morgan fingerprint density at radius 3 is 2.87 bits per heavy atom. The van der Waals surface area contributed by atoms with Crippen LogP contribution in [0.1, 0.15) is 25.7 Å². The predicted molar refractivity (Wildman–Crippen MR) is 70.6 cm³/mol. The molecule has 2 unspecified atom stereocenters. The van der Waals surface area contributed by atoms with Crippen LogP contribution in [0.2, 0.25) is 0 Å². The fraction of sp³-hybridized carbons (Fsp3) is 0.909. The fourth-order valence-corrected chi connectivity index (χ4v) is 3.36. The lowest BCUT2D eigenvalue weighted by atomic mass is 9.98. The first kappa shape index (κ1) is 13.4. The van der Waals surface area contributed by atoms with Crippen molar-refractivity contribution in [3.05, 3.63) is 0 Å². The standard InChI is InChI=1S/C11H20BrNOS/c1-15-6-5-11(14)13-8-10-4-2-3-9(10)7-12/h9-10H,2-8H2,1H3,(H,13,14). The summed E-state index contributed by atoms with van der Waals surface area (Å²) >= 11 is 5.27. The Morgan fingerprint density at radius 1 is 1.47 bits per heavy atom. The van der Waals surface area contributed by atoms with Crippen molar-refractivity contribution in [3.8, 4) is 0 Å². The largest absolute Gasteiger partial charge is 0.356 e. The van der Waals surface area contributed by atoms with Gasteiger partial charge in [-0.15, -0.1) is 0 Å². The molecule has 0 aromatic carbocycles. The van der Waals surface area contributed by atoms with E-state index in [1.54, 1.807) is 11.8 Å². The minimum absolute atomic E-state index is 0.213. The summed E-state index contributed by atoms with van der Waals surface area (Å²) in [7, 11) is 0. The molecule has 0 heterocycles. The van der Waals surface area contributed by atoms with Gasteiger partial charge in [0.1, 0.15) is 0 Å². The van der Waals surface area contributed by atoms with Crippen LogP contribution in [0, 0.1) is 11.8 Å². The van der Waals surface area contributed by atoms with Crippen LogP contribution < -0.4 is 5.32 Å². The molecule has 1 fully saturated rings. The van der Waals surface area contributed by atoms with Crippen LogP contribution >= 0.6 is 27.7 Å². The Kier molecular flexibility index (Phi) is 6.73. The zero-order chi connectivity index (χ0) is 11.1. The van der Waals surface area contributed by atoms with E-state index in [1.807, 2.05) is 6.26 Å². The lowest BCUT2D eigenvalue weighted by molar-refractivity contribution is -0.120. The number of thioether (sulfide) groups is 1. The SMILES string of the molecule is CSCCC(=O)NCC1CCCC1CBr. The highest BCUT2D eigenvalue weighted by molar-refractivity contribution is 9.09. The maximum atomic E-state index is 11.4. The van der Waals surface area contributed by atoms with Crippen molar-refractivity contribution in [2.45, 2.75) is 25.7 Å². The summed E-state index contributed by atoms with van der Waals surface area (Å²) in [6.45, 7) is 0.878. The lowest BCUT2D eigenvalue weighted by Gasteiger charge is -2.17. The topological polar surface area (TPSA) is 29.1 Å². The first-order valence-corrected chi connectivity index (χ1v) is 8.11. The van der Waals surface area contributed by atoms with E-state index in [9.17, 15) is 4.79 Å². The molecule has 0 saturated heterocycles. The van der Waals surface area contributed by atoms with Crippen molar-refractivity contribution in [1.82, 2.24) is 5.32 Å². The molecule has 0 aromatic rings. The molecule has 15 heavy (non-hydrogen) atoms. The molecule has 0 aliphatic heterocycles. The van der Waals surface area contributed by atoms with Crippen LogP contribution in [0.5, 0.6) is 0 Å². The van der Waals surface area contributed by atoms with Gasteiger partial charge < -0.3 is 5.32 Å². The third kappa shape index (κ3) is 4.77. The number of nitrogens with one attached hydrogen (secondary N) is 1. The van der Waals surface area contributed by atoms with E-state index >= 15 is 0 Å². The van der Waals surface area contributed by atoms with Crippen molar-refractivity contribution >= 4 is 33.6 Å². The van der Waals surface area contributed by atoms with Gasteiger partial charge in [-0.1, -0.05) is 22.4 Å². The van der Waals surface area contributed by atoms with Gasteiger partial charge in [0.25, 0.3) is 0 Å². The molecule has 0 spiro atoms. The Labute approximate surface area is 105 Å². The second-order valence-corrected chi connectivity index (χ2v) is 5.79. The first-order chi connectivity index (χ1) is 7.27. The number of amides is 1. The summed E-state index contributed by atoms with van der Waals surface area (Å²) in [5, 5.41) is 4.13. The highest BCUT2D eigenvalue weighted by Crippen LogP contribution is 2.32. The molecule has 2 nitrogen and oxygen atoms in total. The minimum atomic E-state index is 0.213. The van der Waals surface area contributed by atoms with Gasteiger partial charge in [-0.2, -0.15) is 11.8 Å². The second-order valence-electron chi connectivity index (χ2n) is 4.15. The summed E-state index contributed by atoms with van der Waals surface area (Å²) in [6.07, 6.45) is 6.61.